The van der Waals surface area contributed by atoms with E-state index in [1.54, 1.807) is 6.07 Å². The molecule has 1 fully saturated rings. The van der Waals surface area contributed by atoms with Crippen LogP contribution in [0.4, 0.5) is 10.1 Å². The zero-order chi connectivity index (χ0) is 13.0. The predicted molar refractivity (Wildman–Crippen MR) is 74.3 cm³/mol. The average molecular weight is 264 g/mol. The van der Waals surface area contributed by atoms with Gasteiger partial charge in [0.2, 0.25) is 0 Å². The Labute approximate surface area is 112 Å². The Morgan fingerprint density at radius 1 is 1.33 bits per heavy atom. The molecule has 2 nitrogen and oxygen atoms in total. The first-order valence-electron chi connectivity index (χ1n) is 6.23. The van der Waals surface area contributed by atoms with Crippen molar-refractivity contribution >= 4 is 17.4 Å². The van der Waals surface area contributed by atoms with E-state index in [1.807, 2.05) is 17.8 Å². The monoisotopic (exact) mass is 264 g/mol. The standard InChI is InChI=1S/C14H17FN2S/c1-18-14-5-3-2-4-13(14)17-12-7-10(9-16)6-11(15)8-12/h6-8,13-14,17H,2-5H2,1H3. The molecule has 0 amide bonds. The van der Waals surface area contributed by atoms with Gasteiger partial charge >= 0.3 is 0 Å². The molecular weight excluding hydrogens is 247 g/mol. The Bertz CT molecular complexity index is 456. The SMILES string of the molecule is CSC1CCCCC1Nc1cc(F)cc(C#N)c1. The summed E-state index contributed by atoms with van der Waals surface area (Å²) in [5, 5.41) is 12.8. The van der Waals surface area contributed by atoms with Gasteiger partial charge in [-0.15, -0.1) is 0 Å². The number of nitrogens with zero attached hydrogens (tertiary/aromatic N) is 1. The molecule has 2 unspecified atom stereocenters. The van der Waals surface area contributed by atoms with Crippen LogP contribution in [0, 0.1) is 17.1 Å². The Balaban J connectivity index is 2.12. The van der Waals surface area contributed by atoms with Crippen molar-refractivity contribution < 1.29 is 4.39 Å². The Morgan fingerprint density at radius 3 is 2.83 bits per heavy atom. The number of benzene rings is 1. The third-order valence-corrected chi connectivity index (χ3v) is 4.55. The maximum atomic E-state index is 13.4. The van der Waals surface area contributed by atoms with Crippen molar-refractivity contribution in [1.29, 1.82) is 5.26 Å². The third-order valence-electron chi connectivity index (χ3n) is 3.38. The quantitative estimate of drug-likeness (QED) is 0.902. The Hall–Kier alpha value is -1.21. The Morgan fingerprint density at radius 2 is 2.11 bits per heavy atom. The lowest BCUT2D eigenvalue weighted by atomic mass is 9.94. The van der Waals surface area contributed by atoms with Crippen molar-refractivity contribution in [3.63, 3.8) is 0 Å². The normalized spacial score (nSPS) is 23.4. The second-order valence-electron chi connectivity index (χ2n) is 4.65. The summed E-state index contributed by atoms with van der Waals surface area (Å²) in [4.78, 5) is 0. The molecule has 18 heavy (non-hydrogen) atoms. The minimum atomic E-state index is -0.354. The first-order chi connectivity index (χ1) is 8.72. The van der Waals surface area contributed by atoms with Gasteiger partial charge in [0.05, 0.1) is 11.6 Å². The van der Waals surface area contributed by atoms with Crippen LogP contribution in [0.3, 0.4) is 0 Å². The van der Waals surface area contributed by atoms with E-state index >= 15 is 0 Å². The second kappa shape index (κ2) is 6.10. The van der Waals surface area contributed by atoms with Crippen LogP contribution in [0.15, 0.2) is 18.2 Å². The summed E-state index contributed by atoms with van der Waals surface area (Å²) in [5.74, 6) is -0.354. The molecule has 0 bridgehead atoms. The summed E-state index contributed by atoms with van der Waals surface area (Å²) in [6.45, 7) is 0. The average Bonchev–Trinajstić information content (AvgIpc) is 2.38. The molecule has 1 aromatic carbocycles. The lowest BCUT2D eigenvalue weighted by Gasteiger charge is -2.31. The minimum Gasteiger partial charge on any atom is -0.381 e. The highest BCUT2D eigenvalue weighted by atomic mass is 32.2. The van der Waals surface area contributed by atoms with E-state index in [4.69, 9.17) is 5.26 Å². The molecule has 96 valence electrons. The van der Waals surface area contributed by atoms with E-state index in [2.05, 4.69) is 11.6 Å². The number of nitriles is 1. The van der Waals surface area contributed by atoms with Crippen LogP contribution in [0.2, 0.25) is 0 Å². The topological polar surface area (TPSA) is 35.8 Å². The van der Waals surface area contributed by atoms with Crippen molar-refractivity contribution in [2.24, 2.45) is 0 Å². The van der Waals surface area contributed by atoms with E-state index < -0.39 is 0 Å². The van der Waals surface area contributed by atoms with Crippen LogP contribution >= 0.6 is 11.8 Å². The first kappa shape index (κ1) is 13.2. The summed E-state index contributed by atoms with van der Waals surface area (Å²) >= 11 is 1.87. The van der Waals surface area contributed by atoms with Gasteiger partial charge in [0, 0.05) is 17.0 Å². The molecule has 1 aliphatic carbocycles. The zero-order valence-corrected chi connectivity index (χ0v) is 11.3. The van der Waals surface area contributed by atoms with Gasteiger partial charge < -0.3 is 5.32 Å². The zero-order valence-electron chi connectivity index (χ0n) is 10.4. The van der Waals surface area contributed by atoms with Crippen molar-refractivity contribution in [3.05, 3.63) is 29.6 Å². The lowest BCUT2D eigenvalue weighted by molar-refractivity contribution is 0.475. The van der Waals surface area contributed by atoms with Gasteiger partial charge in [0.1, 0.15) is 5.82 Å². The second-order valence-corrected chi connectivity index (χ2v) is 5.73. The van der Waals surface area contributed by atoms with Crippen LogP contribution < -0.4 is 5.32 Å². The van der Waals surface area contributed by atoms with E-state index in [0.717, 1.165) is 12.1 Å². The van der Waals surface area contributed by atoms with Gasteiger partial charge in [-0.3, -0.25) is 0 Å². The molecule has 1 aliphatic rings. The van der Waals surface area contributed by atoms with Gasteiger partial charge in [-0.2, -0.15) is 17.0 Å². The first-order valence-corrected chi connectivity index (χ1v) is 7.51. The molecule has 2 rings (SSSR count). The highest BCUT2D eigenvalue weighted by Gasteiger charge is 2.24. The van der Waals surface area contributed by atoms with Crippen molar-refractivity contribution in [1.82, 2.24) is 0 Å². The van der Waals surface area contributed by atoms with E-state index in [9.17, 15) is 4.39 Å². The molecular formula is C14H17FN2S. The number of nitrogens with one attached hydrogen (secondary N) is 1. The van der Waals surface area contributed by atoms with Crippen LogP contribution in [-0.2, 0) is 0 Å². The predicted octanol–water partition coefficient (Wildman–Crippen LogP) is 3.78. The molecule has 0 aliphatic heterocycles. The van der Waals surface area contributed by atoms with Crippen LogP contribution in [0.1, 0.15) is 31.2 Å². The van der Waals surface area contributed by atoms with Crippen molar-refractivity contribution in [2.45, 2.75) is 37.0 Å². The number of anilines is 1. The highest BCUT2D eigenvalue weighted by molar-refractivity contribution is 7.99. The van der Waals surface area contributed by atoms with Gasteiger partial charge in [-0.05, 0) is 37.3 Å². The van der Waals surface area contributed by atoms with Gasteiger partial charge in [-0.1, -0.05) is 12.8 Å². The van der Waals surface area contributed by atoms with Crippen molar-refractivity contribution in [2.75, 3.05) is 11.6 Å². The summed E-state index contributed by atoms with van der Waals surface area (Å²) < 4.78 is 13.4. The van der Waals surface area contributed by atoms with Gasteiger partial charge in [-0.25, -0.2) is 4.39 Å². The smallest absolute Gasteiger partial charge is 0.126 e. The highest BCUT2D eigenvalue weighted by Crippen LogP contribution is 2.29. The fourth-order valence-corrected chi connectivity index (χ4v) is 3.43. The lowest BCUT2D eigenvalue weighted by Crippen LogP contribution is -2.34. The van der Waals surface area contributed by atoms with Gasteiger partial charge in [0.15, 0.2) is 0 Å². The van der Waals surface area contributed by atoms with E-state index in [-0.39, 0.29) is 5.82 Å². The van der Waals surface area contributed by atoms with Crippen molar-refractivity contribution in [3.8, 4) is 6.07 Å². The molecule has 0 saturated heterocycles. The number of rotatable bonds is 3. The molecule has 0 heterocycles. The van der Waals surface area contributed by atoms with Crippen LogP contribution in [0.5, 0.6) is 0 Å². The maximum Gasteiger partial charge on any atom is 0.126 e. The number of thioether (sulfide) groups is 1. The molecule has 1 N–H and O–H groups in total. The number of halogens is 1. The summed E-state index contributed by atoms with van der Waals surface area (Å²) in [7, 11) is 0. The summed E-state index contributed by atoms with van der Waals surface area (Å²) in [5.41, 5.74) is 1.09. The summed E-state index contributed by atoms with van der Waals surface area (Å²) in [6, 6.07) is 6.81. The van der Waals surface area contributed by atoms with E-state index in [0.29, 0.717) is 16.9 Å². The van der Waals surface area contributed by atoms with Gasteiger partial charge in [0.25, 0.3) is 0 Å². The summed E-state index contributed by atoms with van der Waals surface area (Å²) in [6.07, 6.45) is 6.94. The molecule has 4 heteroatoms. The molecule has 2 atom stereocenters. The largest absolute Gasteiger partial charge is 0.381 e. The fraction of sp³-hybridized carbons (Fsp3) is 0.500. The molecule has 0 radical (unpaired) electrons. The fourth-order valence-electron chi connectivity index (χ4n) is 2.50. The molecule has 1 saturated carbocycles. The van der Waals surface area contributed by atoms with E-state index in [1.165, 1.54) is 31.4 Å². The molecule has 0 spiro atoms. The maximum absolute atomic E-state index is 13.4. The Kier molecular flexibility index (Phi) is 4.48. The van der Waals surface area contributed by atoms with Crippen LogP contribution in [0.25, 0.3) is 0 Å². The number of hydrogen-bond donors (Lipinski definition) is 1. The minimum absolute atomic E-state index is 0.354. The molecule has 1 aromatic rings. The van der Waals surface area contributed by atoms with Crippen LogP contribution in [-0.4, -0.2) is 17.5 Å². The third kappa shape index (κ3) is 3.17. The number of hydrogen-bond acceptors (Lipinski definition) is 3. The molecule has 0 aromatic heterocycles.